The molecule has 2 N–H and O–H groups in total. The molecular formula is C16H23BrF3N. The number of unbranched alkanes of at least 4 members (excludes halogenated alkanes) is 1. The highest BCUT2D eigenvalue weighted by Gasteiger charge is 2.31. The van der Waals surface area contributed by atoms with Crippen molar-refractivity contribution in [3.05, 3.63) is 33.8 Å². The maximum absolute atomic E-state index is 12.8. The highest BCUT2D eigenvalue weighted by atomic mass is 79.9. The second-order valence-electron chi connectivity index (χ2n) is 5.49. The Bertz CT molecular complexity index is 446. The van der Waals surface area contributed by atoms with Crippen LogP contribution in [-0.4, -0.2) is 0 Å². The summed E-state index contributed by atoms with van der Waals surface area (Å²) in [5.41, 5.74) is 6.06. The van der Waals surface area contributed by atoms with E-state index in [0.717, 1.165) is 38.2 Å². The molecule has 0 saturated heterocycles. The second-order valence-corrected chi connectivity index (χ2v) is 6.35. The quantitative estimate of drug-likeness (QED) is 0.622. The number of hydrogen-bond donors (Lipinski definition) is 1. The smallest absolute Gasteiger partial charge is 0.324 e. The molecule has 0 fully saturated rings. The fourth-order valence-corrected chi connectivity index (χ4v) is 3.01. The molecule has 0 amide bonds. The van der Waals surface area contributed by atoms with E-state index in [-0.39, 0.29) is 6.04 Å². The summed E-state index contributed by atoms with van der Waals surface area (Å²) in [5.74, 6) is 0.460. The van der Waals surface area contributed by atoms with Crippen molar-refractivity contribution >= 4 is 15.9 Å². The molecular weight excluding hydrogens is 343 g/mol. The molecule has 0 spiro atoms. The van der Waals surface area contributed by atoms with Crippen molar-refractivity contribution in [2.45, 2.75) is 58.2 Å². The molecule has 21 heavy (non-hydrogen) atoms. The van der Waals surface area contributed by atoms with E-state index in [2.05, 4.69) is 29.8 Å². The monoisotopic (exact) mass is 365 g/mol. The van der Waals surface area contributed by atoms with Crippen molar-refractivity contribution in [3.63, 3.8) is 0 Å². The lowest BCUT2D eigenvalue weighted by Crippen LogP contribution is -2.17. The second kappa shape index (κ2) is 8.18. The number of halogens is 4. The normalized spacial score (nSPS) is 15.0. The summed E-state index contributed by atoms with van der Waals surface area (Å²) >= 11 is 3.31. The van der Waals surface area contributed by atoms with E-state index in [1.807, 2.05) is 0 Å². The van der Waals surface area contributed by atoms with Crippen LogP contribution in [0, 0.1) is 5.92 Å². The average Bonchev–Trinajstić information content (AvgIpc) is 2.42. The molecule has 0 heterocycles. The molecule has 0 radical (unpaired) electrons. The van der Waals surface area contributed by atoms with Crippen LogP contribution >= 0.6 is 15.9 Å². The number of hydrogen-bond acceptors (Lipinski definition) is 1. The van der Waals surface area contributed by atoms with Crippen LogP contribution in [0.4, 0.5) is 13.2 Å². The van der Waals surface area contributed by atoms with Gasteiger partial charge in [0.2, 0.25) is 0 Å². The van der Waals surface area contributed by atoms with Crippen molar-refractivity contribution in [2.24, 2.45) is 11.7 Å². The summed E-state index contributed by atoms with van der Waals surface area (Å²) in [7, 11) is 0. The molecule has 1 aromatic rings. The maximum Gasteiger partial charge on any atom is 0.416 e. The van der Waals surface area contributed by atoms with Crippen LogP contribution in [0.3, 0.4) is 0 Å². The third-order valence-corrected chi connectivity index (χ3v) is 4.58. The standard InChI is InChI=1S/C16H23BrF3N/c1-3-5-6-11(4-2)9-15(21)13-10-12(16(18,19)20)7-8-14(13)17/h7-8,10-11,15H,3-6,9,21H2,1-2H3. The van der Waals surface area contributed by atoms with Gasteiger partial charge in [-0.15, -0.1) is 0 Å². The Morgan fingerprint density at radius 1 is 1.24 bits per heavy atom. The Hall–Kier alpha value is -0.550. The zero-order chi connectivity index (χ0) is 16.0. The van der Waals surface area contributed by atoms with Crippen molar-refractivity contribution in [3.8, 4) is 0 Å². The van der Waals surface area contributed by atoms with E-state index in [0.29, 0.717) is 16.0 Å². The summed E-state index contributed by atoms with van der Waals surface area (Å²) in [6, 6.07) is 3.31. The number of nitrogens with two attached hydrogens (primary N) is 1. The lowest BCUT2D eigenvalue weighted by molar-refractivity contribution is -0.137. The molecule has 0 aliphatic heterocycles. The number of rotatable bonds is 7. The highest BCUT2D eigenvalue weighted by Crippen LogP contribution is 2.35. The molecule has 0 saturated carbocycles. The van der Waals surface area contributed by atoms with Gasteiger partial charge in [-0.1, -0.05) is 55.5 Å². The van der Waals surface area contributed by atoms with Crippen molar-refractivity contribution in [2.75, 3.05) is 0 Å². The first kappa shape index (κ1) is 18.5. The van der Waals surface area contributed by atoms with E-state index in [1.54, 1.807) is 0 Å². The Balaban J connectivity index is 2.88. The molecule has 1 nitrogen and oxygen atoms in total. The highest BCUT2D eigenvalue weighted by molar-refractivity contribution is 9.10. The van der Waals surface area contributed by atoms with Crippen molar-refractivity contribution < 1.29 is 13.2 Å². The predicted octanol–water partition coefficient (Wildman–Crippen LogP) is 6.07. The minimum atomic E-state index is -4.33. The third kappa shape index (κ3) is 5.62. The molecule has 5 heteroatoms. The van der Waals surface area contributed by atoms with E-state index in [4.69, 9.17) is 5.73 Å². The van der Waals surface area contributed by atoms with Gasteiger partial charge >= 0.3 is 6.18 Å². The van der Waals surface area contributed by atoms with E-state index in [1.165, 1.54) is 12.1 Å². The molecule has 120 valence electrons. The lowest BCUT2D eigenvalue weighted by Gasteiger charge is -2.21. The molecule has 0 bridgehead atoms. The zero-order valence-corrected chi connectivity index (χ0v) is 14.1. The van der Waals surface area contributed by atoms with Gasteiger partial charge in [0.25, 0.3) is 0 Å². The summed E-state index contributed by atoms with van der Waals surface area (Å²) in [5, 5.41) is 0. The topological polar surface area (TPSA) is 26.0 Å². The van der Waals surface area contributed by atoms with Crippen LogP contribution in [0.2, 0.25) is 0 Å². The van der Waals surface area contributed by atoms with Crippen LogP contribution < -0.4 is 5.73 Å². The van der Waals surface area contributed by atoms with Gasteiger partial charge in [-0.2, -0.15) is 13.2 Å². The van der Waals surface area contributed by atoms with Crippen LogP contribution in [0.25, 0.3) is 0 Å². The van der Waals surface area contributed by atoms with E-state index >= 15 is 0 Å². The van der Waals surface area contributed by atoms with Gasteiger partial charge in [-0.3, -0.25) is 0 Å². The van der Waals surface area contributed by atoms with Crippen molar-refractivity contribution in [1.82, 2.24) is 0 Å². The molecule has 0 aromatic heterocycles. The van der Waals surface area contributed by atoms with Gasteiger partial charge < -0.3 is 5.73 Å². The number of alkyl halides is 3. The molecule has 1 rings (SSSR count). The molecule has 0 aliphatic rings. The van der Waals surface area contributed by atoms with E-state index < -0.39 is 11.7 Å². The molecule has 2 atom stereocenters. The molecule has 2 unspecified atom stereocenters. The van der Waals surface area contributed by atoms with Gasteiger partial charge in [0.15, 0.2) is 0 Å². The van der Waals surface area contributed by atoms with Crippen LogP contribution in [-0.2, 0) is 6.18 Å². The fourth-order valence-electron chi connectivity index (χ4n) is 2.47. The summed E-state index contributed by atoms with van der Waals surface area (Å²) in [6.07, 6.45) is 0.730. The van der Waals surface area contributed by atoms with E-state index in [9.17, 15) is 13.2 Å². The first-order valence-corrected chi connectivity index (χ1v) is 8.21. The Morgan fingerprint density at radius 2 is 1.90 bits per heavy atom. The Kier molecular flexibility index (Phi) is 7.21. The Morgan fingerprint density at radius 3 is 2.43 bits per heavy atom. The minimum Gasteiger partial charge on any atom is -0.324 e. The third-order valence-electron chi connectivity index (χ3n) is 3.85. The molecule has 1 aromatic carbocycles. The fraction of sp³-hybridized carbons (Fsp3) is 0.625. The maximum atomic E-state index is 12.8. The minimum absolute atomic E-state index is 0.372. The van der Waals surface area contributed by atoms with Gasteiger partial charge in [0.05, 0.1) is 5.56 Å². The average molecular weight is 366 g/mol. The summed E-state index contributed by atoms with van der Waals surface area (Å²) in [6.45, 7) is 4.24. The van der Waals surface area contributed by atoms with Gasteiger partial charge in [0.1, 0.15) is 0 Å². The first-order chi connectivity index (χ1) is 9.79. The van der Waals surface area contributed by atoms with Gasteiger partial charge in [0, 0.05) is 10.5 Å². The zero-order valence-electron chi connectivity index (χ0n) is 12.5. The van der Waals surface area contributed by atoms with Crippen LogP contribution in [0.1, 0.15) is 63.1 Å². The SMILES string of the molecule is CCCCC(CC)CC(N)c1cc(C(F)(F)F)ccc1Br. The predicted molar refractivity (Wildman–Crippen MR) is 84.0 cm³/mol. The largest absolute Gasteiger partial charge is 0.416 e. The summed E-state index contributed by atoms with van der Waals surface area (Å²) < 4.78 is 39.1. The van der Waals surface area contributed by atoms with Crippen molar-refractivity contribution in [1.29, 1.82) is 0 Å². The van der Waals surface area contributed by atoms with Crippen LogP contribution in [0.5, 0.6) is 0 Å². The van der Waals surface area contributed by atoms with Gasteiger partial charge in [-0.25, -0.2) is 0 Å². The molecule has 0 aliphatic carbocycles. The Labute approximate surface area is 133 Å². The lowest BCUT2D eigenvalue weighted by atomic mass is 9.89. The first-order valence-electron chi connectivity index (χ1n) is 7.41. The summed E-state index contributed by atoms with van der Waals surface area (Å²) in [4.78, 5) is 0. The number of benzene rings is 1. The van der Waals surface area contributed by atoms with Crippen LogP contribution in [0.15, 0.2) is 22.7 Å². The van der Waals surface area contributed by atoms with Gasteiger partial charge in [-0.05, 0) is 36.1 Å².